The number of hydrogen-bond donors (Lipinski definition) is 2. The molecule has 0 saturated carbocycles. The highest BCUT2D eigenvalue weighted by Gasteiger charge is 2.19. The number of nitrogen functional groups attached to an aromatic ring is 1. The fraction of sp³-hybridized carbons (Fsp3) is 0.300. The van der Waals surface area contributed by atoms with E-state index in [1.165, 1.54) is 20.2 Å². The summed E-state index contributed by atoms with van der Waals surface area (Å²) in [5.41, 5.74) is 4.06. The van der Waals surface area contributed by atoms with Gasteiger partial charge in [-0.15, -0.1) is 6.58 Å². The first-order valence-corrected chi connectivity index (χ1v) is 4.86. The van der Waals surface area contributed by atoms with Crippen molar-refractivity contribution in [2.75, 3.05) is 12.3 Å². The molecule has 0 saturated heterocycles. The minimum Gasteiger partial charge on any atom is -0.384 e. The van der Waals surface area contributed by atoms with E-state index in [0.29, 0.717) is 0 Å². The molecule has 3 N–H and O–H groups in total. The predicted molar refractivity (Wildman–Crippen MR) is 63.9 cm³/mol. The summed E-state index contributed by atoms with van der Waals surface area (Å²) in [6, 6.07) is 0. The van der Waals surface area contributed by atoms with E-state index in [0.717, 1.165) is 9.13 Å². The summed E-state index contributed by atoms with van der Waals surface area (Å²) in [4.78, 5) is 34.9. The summed E-state index contributed by atoms with van der Waals surface area (Å²) >= 11 is 0. The highest BCUT2D eigenvalue weighted by atomic mass is 16.2. The number of anilines is 1. The van der Waals surface area contributed by atoms with Crippen molar-refractivity contribution in [1.29, 1.82) is 0 Å². The van der Waals surface area contributed by atoms with Crippen LogP contribution in [0.25, 0.3) is 0 Å². The molecular weight excluding hydrogens is 224 g/mol. The molecule has 1 amide bonds. The number of rotatable bonds is 3. The highest BCUT2D eigenvalue weighted by Crippen LogP contribution is 2.01. The molecule has 0 fully saturated rings. The van der Waals surface area contributed by atoms with Gasteiger partial charge in [-0.25, -0.2) is 4.79 Å². The minimum atomic E-state index is -0.716. The Morgan fingerprint density at radius 1 is 1.41 bits per heavy atom. The molecule has 7 heteroatoms. The maximum atomic E-state index is 11.8. The molecule has 0 aliphatic heterocycles. The van der Waals surface area contributed by atoms with Gasteiger partial charge in [-0.05, 0) is 0 Å². The van der Waals surface area contributed by atoms with Gasteiger partial charge in [0.25, 0.3) is 11.5 Å². The lowest BCUT2D eigenvalue weighted by Crippen LogP contribution is -2.43. The van der Waals surface area contributed by atoms with Crippen molar-refractivity contribution < 1.29 is 4.79 Å². The van der Waals surface area contributed by atoms with Crippen molar-refractivity contribution >= 4 is 11.7 Å². The fourth-order valence-corrected chi connectivity index (χ4v) is 1.33. The largest absolute Gasteiger partial charge is 0.384 e. The van der Waals surface area contributed by atoms with E-state index < -0.39 is 17.2 Å². The molecule has 0 bridgehead atoms. The minimum absolute atomic E-state index is 0.153. The van der Waals surface area contributed by atoms with Crippen LogP contribution in [0.4, 0.5) is 5.82 Å². The molecule has 0 unspecified atom stereocenters. The molecule has 1 aromatic heterocycles. The zero-order valence-electron chi connectivity index (χ0n) is 9.69. The van der Waals surface area contributed by atoms with Gasteiger partial charge in [0, 0.05) is 20.6 Å². The average Bonchev–Trinajstić information content (AvgIpc) is 2.31. The Kier molecular flexibility index (Phi) is 3.52. The second-order valence-corrected chi connectivity index (χ2v) is 3.46. The molecule has 0 aliphatic carbocycles. The number of carbonyl (C=O) groups excluding carboxylic acids is 1. The molecule has 92 valence electrons. The van der Waals surface area contributed by atoms with Crippen LogP contribution >= 0.6 is 0 Å². The second-order valence-electron chi connectivity index (χ2n) is 3.46. The molecule has 1 heterocycles. The first kappa shape index (κ1) is 12.8. The zero-order chi connectivity index (χ0) is 13.2. The number of nitrogens with one attached hydrogen (secondary N) is 1. The van der Waals surface area contributed by atoms with Gasteiger partial charge < -0.3 is 11.1 Å². The number of nitrogens with two attached hydrogens (primary N) is 1. The van der Waals surface area contributed by atoms with Gasteiger partial charge in [-0.1, -0.05) is 6.08 Å². The predicted octanol–water partition coefficient (Wildman–Crippen LogP) is -1.42. The van der Waals surface area contributed by atoms with Crippen LogP contribution in [0.5, 0.6) is 0 Å². The molecule has 0 radical (unpaired) electrons. The van der Waals surface area contributed by atoms with Crippen molar-refractivity contribution in [3.8, 4) is 0 Å². The van der Waals surface area contributed by atoms with Crippen molar-refractivity contribution in [1.82, 2.24) is 14.5 Å². The first-order valence-electron chi connectivity index (χ1n) is 4.86. The van der Waals surface area contributed by atoms with Crippen molar-refractivity contribution in [2.24, 2.45) is 14.1 Å². The van der Waals surface area contributed by atoms with Gasteiger partial charge in [0.1, 0.15) is 11.4 Å². The molecule has 0 spiro atoms. The molecule has 7 nitrogen and oxygen atoms in total. The number of carbonyl (C=O) groups is 1. The topological polar surface area (TPSA) is 99.1 Å². The van der Waals surface area contributed by atoms with Gasteiger partial charge in [-0.2, -0.15) is 0 Å². The standard InChI is InChI=1S/C10H14N4O3/c1-4-5-12-8(15)6-7(11)13(2)10(17)14(3)9(6)16/h4H,1,5,11H2,2-3H3,(H,12,15). The van der Waals surface area contributed by atoms with Crippen LogP contribution in [-0.4, -0.2) is 21.6 Å². The maximum Gasteiger partial charge on any atom is 0.332 e. The summed E-state index contributed by atoms with van der Waals surface area (Å²) in [5.74, 6) is -0.779. The van der Waals surface area contributed by atoms with Crippen LogP contribution in [-0.2, 0) is 14.1 Å². The summed E-state index contributed by atoms with van der Waals surface area (Å²) < 4.78 is 1.88. The smallest absolute Gasteiger partial charge is 0.332 e. The van der Waals surface area contributed by atoms with Crippen LogP contribution in [0, 0.1) is 0 Å². The lowest BCUT2D eigenvalue weighted by molar-refractivity contribution is 0.0956. The Hall–Kier alpha value is -2.31. The van der Waals surface area contributed by atoms with Crippen molar-refractivity contribution in [2.45, 2.75) is 0 Å². The van der Waals surface area contributed by atoms with Gasteiger partial charge in [0.15, 0.2) is 0 Å². The molecular formula is C10H14N4O3. The monoisotopic (exact) mass is 238 g/mol. The number of nitrogens with zero attached hydrogens (tertiary/aromatic N) is 2. The lowest BCUT2D eigenvalue weighted by atomic mass is 10.2. The third-order valence-corrected chi connectivity index (χ3v) is 2.34. The van der Waals surface area contributed by atoms with Gasteiger partial charge >= 0.3 is 5.69 Å². The van der Waals surface area contributed by atoms with E-state index >= 15 is 0 Å². The molecule has 1 aromatic rings. The van der Waals surface area contributed by atoms with Gasteiger partial charge in [-0.3, -0.25) is 18.7 Å². The second kappa shape index (κ2) is 4.69. The summed E-state index contributed by atoms with van der Waals surface area (Å²) in [6.07, 6.45) is 1.47. The number of hydrogen-bond acceptors (Lipinski definition) is 4. The molecule has 17 heavy (non-hydrogen) atoms. The van der Waals surface area contributed by atoms with Crippen LogP contribution in [0.2, 0.25) is 0 Å². The summed E-state index contributed by atoms with van der Waals surface area (Å²) in [7, 11) is 2.68. The Morgan fingerprint density at radius 2 is 2.00 bits per heavy atom. The first-order chi connectivity index (χ1) is 7.91. The van der Waals surface area contributed by atoms with Gasteiger partial charge in [0.05, 0.1) is 0 Å². The van der Waals surface area contributed by atoms with E-state index in [2.05, 4.69) is 11.9 Å². The fourth-order valence-electron chi connectivity index (χ4n) is 1.33. The van der Waals surface area contributed by atoms with Gasteiger partial charge in [0.2, 0.25) is 0 Å². The van der Waals surface area contributed by atoms with E-state index in [4.69, 9.17) is 5.73 Å². The lowest BCUT2D eigenvalue weighted by Gasteiger charge is -2.10. The highest BCUT2D eigenvalue weighted by molar-refractivity contribution is 5.98. The molecule has 0 aromatic carbocycles. The van der Waals surface area contributed by atoms with E-state index in [9.17, 15) is 14.4 Å². The molecule has 1 rings (SSSR count). The Bertz CT molecular complexity index is 582. The van der Waals surface area contributed by atoms with Crippen LogP contribution in [0.1, 0.15) is 10.4 Å². The summed E-state index contributed by atoms with van der Waals surface area (Å²) in [6.45, 7) is 3.65. The van der Waals surface area contributed by atoms with E-state index in [1.54, 1.807) is 0 Å². The third-order valence-electron chi connectivity index (χ3n) is 2.34. The SMILES string of the molecule is C=CCNC(=O)c1c(N)n(C)c(=O)n(C)c1=O. The Balaban J connectivity index is 3.45. The van der Waals surface area contributed by atoms with Crippen LogP contribution in [0.15, 0.2) is 22.2 Å². The molecule has 0 aliphatic rings. The normalized spacial score (nSPS) is 10.0. The Labute approximate surface area is 97.2 Å². The maximum absolute atomic E-state index is 11.8. The van der Waals surface area contributed by atoms with E-state index in [1.807, 2.05) is 0 Å². The van der Waals surface area contributed by atoms with Crippen molar-refractivity contribution in [3.63, 3.8) is 0 Å². The van der Waals surface area contributed by atoms with E-state index in [-0.39, 0.29) is 17.9 Å². The summed E-state index contributed by atoms with van der Waals surface area (Å²) in [5, 5.41) is 2.44. The molecule has 0 atom stereocenters. The van der Waals surface area contributed by atoms with Crippen LogP contribution < -0.4 is 22.3 Å². The average molecular weight is 238 g/mol. The third kappa shape index (κ3) is 2.12. The van der Waals surface area contributed by atoms with Crippen LogP contribution in [0.3, 0.4) is 0 Å². The number of aromatic nitrogens is 2. The Morgan fingerprint density at radius 3 is 2.53 bits per heavy atom. The van der Waals surface area contributed by atoms with Crippen molar-refractivity contribution in [3.05, 3.63) is 39.1 Å². The quantitative estimate of drug-likeness (QED) is 0.631. The number of amides is 1. The zero-order valence-corrected chi connectivity index (χ0v) is 9.69.